The standard InChI is InChI=1S/C13H15F3O/c14-13(15,16)11-7-3-1-5-9(11)10-6-2-4-8-12(10)17/h3,7,10H,1-2,4-6,8H2. The molecule has 2 rings (SSSR count). The van der Waals surface area contributed by atoms with E-state index in [4.69, 9.17) is 0 Å². The third kappa shape index (κ3) is 2.61. The van der Waals surface area contributed by atoms with E-state index in [1.54, 1.807) is 6.08 Å². The number of allylic oxidation sites excluding steroid dienone is 4. The molecule has 94 valence electrons. The lowest BCUT2D eigenvalue weighted by atomic mass is 9.77. The molecule has 0 aromatic heterocycles. The fourth-order valence-corrected chi connectivity index (χ4v) is 2.67. The predicted molar refractivity (Wildman–Crippen MR) is 58.4 cm³/mol. The molecule has 1 unspecified atom stereocenters. The number of alkyl halides is 3. The summed E-state index contributed by atoms with van der Waals surface area (Å²) in [6.07, 6.45) is 2.03. The normalized spacial score (nSPS) is 26.5. The van der Waals surface area contributed by atoms with Crippen LogP contribution in [0.4, 0.5) is 13.2 Å². The van der Waals surface area contributed by atoms with E-state index < -0.39 is 17.7 Å². The molecule has 1 nitrogen and oxygen atoms in total. The highest BCUT2D eigenvalue weighted by molar-refractivity contribution is 5.84. The number of halogens is 3. The summed E-state index contributed by atoms with van der Waals surface area (Å²) in [4.78, 5) is 11.7. The Balaban J connectivity index is 2.35. The van der Waals surface area contributed by atoms with Crippen LogP contribution in [0.1, 0.15) is 38.5 Å². The number of ketones is 1. The van der Waals surface area contributed by atoms with Gasteiger partial charge in [0.15, 0.2) is 0 Å². The van der Waals surface area contributed by atoms with Gasteiger partial charge in [0.1, 0.15) is 5.78 Å². The lowest BCUT2D eigenvalue weighted by molar-refractivity contribution is -0.123. The van der Waals surface area contributed by atoms with E-state index in [2.05, 4.69) is 0 Å². The number of rotatable bonds is 1. The van der Waals surface area contributed by atoms with Crippen LogP contribution in [-0.2, 0) is 4.79 Å². The molecule has 0 radical (unpaired) electrons. The molecule has 17 heavy (non-hydrogen) atoms. The average Bonchev–Trinajstić information content (AvgIpc) is 2.28. The molecule has 0 saturated heterocycles. The van der Waals surface area contributed by atoms with Gasteiger partial charge in [0.25, 0.3) is 0 Å². The molecule has 0 aliphatic heterocycles. The first-order valence-electron chi connectivity index (χ1n) is 5.99. The summed E-state index contributed by atoms with van der Waals surface area (Å²) >= 11 is 0. The summed E-state index contributed by atoms with van der Waals surface area (Å²) in [7, 11) is 0. The van der Waals surface area contributed by atoms with E-state index in [0.29, 0.717) is 31.3 Å². The molecular formula is C13H15F3O. The van der Waals surface area contributed by atoms with Gasteiger partial charge in [0.2, 0.25) is 0 Å². The maximum atomic E-state index is 12.9. The van der Waals surface area contributed by atoms with Crippen LogP contribution in [0, 0.1) is 5.92 Å². The molecule has 2 aliphatic carbocycles. The molecule has 4 heteroatoms. The zero-order valence-electron chi connectivity index (χ0n) is 9.52. The van der Waals surface area contributed by atoms with Crippen molar-refractivity contribution in [2.75, 3.05) is 0 Å². The summed E-state index contributed by atoms with van der Waals surface area (Å²) in [6, 6.07) is 0. The van der Waals surface area contributed by atoms with Crippen LogP contribution in [0.5, 0.6) is 0 Å². The van der Waals surface area contributed by atoms with Gasteiger partial charge in [0.05, 0.1) is 5.57 Å². The zero-order valence-corrected chi connectivity index (χ0v) is 9.52. The first-order chi connectivity index (χ1) is 8.00. The minimum absolute atomic E-state index is 0.0108. The Morgan fingerprint density at radius 1 is 1.18 bits per heavy atom. The number of hydrogen-bond acceptors (Lipinski definition) is 1. The van der Waals surface area contributed by atoms with Crippen LogP contribution in [0.3, 0.4) is 0 Å². The third-order valence-corrected chi connectivity index (χ3v) is 3.49. The van der Waals surface area contributed by atoms with Gasteiger partial charge in [-0.2, -0.15) is 13.2 Å². The highest BCUT2D eigenvalue weighted by Crippen LogP contribution is 2.40. The maximum absolute atomic E-state index is 12.9. The first-order valence-corrected chi connectivity index (χ1v) is 5.99. The Morgan fingerprint density at radius 3 is 2.59 bits per heavy atom. The number of carbonyl (C=O) groups is 1. The predicted octanol–water partition coefficient (Wildman–Crippen LogP) is 3.95. The van der Waals surface area contributed by atoms with Crippen LogP contribution in [-0.4, -0.2) is 12.0 Å². The fraction of sp³-hybridized carbons (Fsp3) is 0.615. The molecule has 1 saturated carbocycles. The molecule has 0 aromatic carbocycles. The topological polar surface area (TPSA) is 17.1 Å². The summed E-state index contributed by atoms with van der Waals surface area (Å²) < 4.78 is 38.6. The van der Waals surface area contributed by atoms with E-state index in [0.717, 1.165) is 18.9 Å². The average molecular weight is 244 g/mol. The summed E-state index contributed by atoms with van der Waals surface area (Å²) in [6.45, 7) is 0. The van der Waals surface area contributed by atoms with Crippen molar-refractivity contribution in [1.29, 1.82) is 0 Å². The van der Waals surface area contributed by atoms with E-state index in [-0.39, 0.29) is 5.78 Å². The van der Waals surface area contributed by atoms with Gasteiger partial charge in [-0.25, -0.2) is 0 Å². The van der Waals surface area contributed by atoms with Crippen molar-refractivity contribution in [2.45, 2.75) is 44.7 Å². The monoisotopic (exact) mass is 244 g/mol. The third-order valence-electron chi connectivity index (χ3n) is 3.49. The number of hydrogen-bond donors (Lipinski definition) is 0. The quantitative estimate of drug-likeness (QED) is 0.682. The zero-order chi connectivity index (χ0) is 12.5. The van der Waals surface area contributed by atoms with Crippen LogP contribution >= 0.6 is 0 Å². The van der Waals surface area contributed by atoms with Crippen LogP contribution in [0.25, 0.3) is 0 Å². The Labute approximate surface area is 98.4 Å². The van der Waals surface area contributed by atoms with Gasteiger partial charge < -0.3 is 0 Å². The summed E-state index contributed by atoms with van der Waals surface area (Å²) in [5, 5.41) is 0. The highest BCUT2D eigenvalue weighted by atomic mass is 19.4. The summed E-state index contributed by atoms with van der Waals surface area (Å²) in [5.41, 5.74) is -0.256. The second-order valence-corrected chi connectivity index (χ2v) is 4.64. The second kappa shape index (κ2) is 4.67. The first kappa shape index (κ1) is 12.4. The van der Waals surface area contributed by atoms with Gasteiger partial charge in [-0.1, -0.05) is 18.6 Å². The van der Waals surface area contributed by atoms with Crippen molar-refractivity contribution >= 4 is 5.78 Å². The molecule has 0 amide bonds. The summed E-state index contributed by atoms with van der Waals surface area (Å²) in [5.74, 6) is -0.492. The molecular weight excluding hydrogens is 229 g/mol. The lowest BCUT2D eigenvalue weighted by Crippen LogP contribution is -2.26. The Hall–Kier alpha value is -1.06. The molecule has 0 bridgehead atoms. The molecule has 1 atom stereocenters. The van der Waals surface area contributed by atoms with Crippen molar-refractivity contribution in [3.05, 3.63) is 23.3 Å². The van der Waals surface area contributed by atoms with Crippen molar-refractivity contribution < 1.29 is 18.0 Å². The van der Waals surface area contributed by atoms with Crippen molar-refractivity contribution in [3.8, 4) is 0 Å². The Kier molecular flexibility index (Phi) is 3.40. The minimum Gasteiger partial charge on any atom is -0.299 e. The van der Waals surface area contributed by atoms with Crippen LogP contribution < -0.4 is 0 Å². The van der Waals surface area contributed by atoms with Crippen LogP contribution in [0.2, 0.25) is 0 Å². The van der Waals surface area contributed by atoms with Crippen molar-refractivity contribution in [1.82, 2.24) is 0 Å². The van der Waals surface area contributed by atoms with E-state index >= 15 is 0 Å². The molecule has 0 aromatic rings. The van der Waals surface area contributed by atoms with Crippen molar-refractivity contribution in [2.24, 2.45) is 5.92 Å². The van der Waals surface area contributed by atoms with E-state index in [1.807, 2.05) is 0 Å². The molecule has 2 aliphatic rings. The second-order valence-electron chi connectivity index (χ2n) is 4.64. The Morgan fingerprint density at radius 2 is 1.94 bits per heavy atom. The van der Waals surface area contributed by atoms with Crippen LogP contribution in [0.15, 0.2) is 23.3 Å². The highest BCUT2D eigenvalue weighted by Gasteiger charge is 2.38. The fourth-order valence-electron chi connectivity index (χ4n) is 2.67. The number of Topliss-reactive ketones (excluding diaryl/α,β-unsaturated/α-hetero) is 1. The van der Waals surface area contributed by atoms with Gasteiger partial charge >= 0.3 is 6.18 Å². The molecule has 0 N–H and O–H groups in total. The lowest BCUT2D eigenvalue weighted by Gasteiger charge is -2.27. The molecule has 0 spiro atoms. The van der Waals surface area contributed by atoms with E-state index in [1.165, 1.54) is 0 Å². The van der Waals surface area contributed by atoms with Gasteiger partial charge in [-0.05, 0) is 31.3 Å². The largest absolute Gasteiger partial charge is 0.416 e. The van der Waals surface area contributed by atoms with Gasteiger partial charge in [0, 0.05) is 12.3 Å². The smallest absolute Gasteiger partial charge is 0.299 e. The number of carbonyl (C=O) groups excluding carboxylic acids is 1. The SMILES string of the molecule is O=C1CCCCC1C1=C(C(F)(F)F)C=CCC1. The Bertz CT molecular complexity index is 377. The van der Waals surface area contributed by atoms with Crippen molar-refractivity contribution in [3.63, 3.8) is 0 Å². The molecule has 0 heterocycles. The maximum Gasteiger partial charge on any atom is 0.416 e. The van der Waals surface area contributed by atoms with Gasteiger partial charge in [-0.15, -0.1) is 0 Å². The van der Waals surface area contributed by atoms with Gasteiger partial charge in [-0.3, -0.25) is 4.79 Å². The minimum atomic E-state index is -4.33. The van der Waals surface area contributed by atoms with E-state index in [9.17, 15) is 18.0 Å². The molecule has 1 fully saturated rings.